The second-order valence-corrected chi connectivity index (χ2v) is 3.71. The lowest BCUT2D eigenvalue weighted by Gasteiger charge is -2.10. The first-order chi connectivity index (χ1) is 9.63. The molecule has 0 saturated carbocycles. The van der Waals surface area contributed by atoms with Gasteiger partial charge in [0.2, 0.25) is 11.8 Å². The van der Waals surface area contributed by atoms with E-state index in [2.05, 4.69) is 5.92 Å². The lowest BCUT2D eigenvalue weighted by molar-refractivity contribution is 0.0378. The molecule has 0 aliphatic carbocycles. The number of hydrogen-bond acceptors (Lipinski definition) is 5. The normalized spacial score (nSPS) is 9.75. The Morgan fingerprint density at radius 3 is 2.50 bits per heavy atom. The monoisotopic (exact) mass is 273 g/mol. The SMILES string of the molecule is C#CCOc1ccccc1C(=O)On1c(O)ccc1O. The van der Waals surface area contributed by atoms with Crippen LogP contribution in [-0.4, -0.2) is 27.5 Å². The summed E-state index contributed by atoms with van der Waals surface area (Å²) in [5, 5.41) is 18.8. The van der Waals surface area contributed by atoms with E-state index >= 15 is 0 Å². The van der Waals surface area contributed by atoms with Gasteiger partial charge in [0.05, 0.1) is 0 Å². The van der Waals surface area contributed by atoms with Crippen molar-refractivity contribution in [3.63, 3.8) is 0 Å². The third-order valence-electron chi connectivity index (χ3n) is 2.39. The Kier molecular flexibility index (Phi) is 3.82. The minimum absolute atomic E-state index is 0.00428. The molecule has 0 aliphatic rings. The van der Waals surface area contributed by atoms with Crippen LogP contribution in [0.4, 0.5) is 0 Å². The van der Waals surface area contributed by atoms with Gasteiger partial charge in [-0.3, -0.25) is 0 Å². The van der Waals surface area contributed by atoms with E-state index in [1.165, 1.54) is 18.2 Å². The number of benzene rings is 1. The van der Waals surface area contributed by atoms with Gasteiger partial charge < -0.3 is 19.8 Å². The molecule has 0 spiro atoms. The van der Waals surface area contributed by atoms with E-state index < -0.39 is 17.7 Å². The fourth-order valence-corrected chi connectivity index (χ4v) is 1.51. The van der Waals surface area contributed by atoms with Crippen molar-refractivity contribution in [1.82, 2.24) is 4.73 Å². The van der Waals surface area contributed by atoms with E-state index in [9.17, 15) is 15.0 Å². The summed E-state index contributed by atoms with van der Waals surface area (Å²) in [5.41, 5.74) is 0.121. The van der Waals surface area contributed by atoms with Crippen molar-refractivity contribution in [3.8, 4) is 29.9 Å². The maximum Gasteiger partial charge on any atom is 0.367 e. The number of aromatic nitrogens is 1. The number of ether oxygens (including phenoxy) is 1. The second kappa shape index (κ2) is 5.71. The minimum atomic E-state index is -0.806. The number of hydrogen-bond donors (Lipinski definition) is 2. The molecule has 20 heavy (non-hydrogen) atoms. The van der Waals surface area contributed by atoms with E-state index in [1.807, 2.05) is 0 Å². The lowest BCUT2D eigenvalue weighted by atomic mass is 10.2. The molecule has 0 fully saturated rings. The van der Waals surface area contributed by atoms with Gasteiger partial charge in [-0.2, -0.15) is 0 Å². The zero-order chi connectivity index (χ0) is 14.5. The van der Waals surface area contributed by atoms with Gasteiger partial charge in [-0.05, 0) is 12.1 Å². The van der Waals surface area contributed by atoms with Crippen molar-refractivity contribution in [2.45, 2.75) is 0 Å². The zero-order valence-corrected chi connectivity index (χ0v) is 10.3. The third kappa shape index (κ3) is 2.67. The van der Waals surface area contributed by atoms with Gasteiger partial charge in [-0.1, -0.05) is 18.1 Å². The maximum absolute atomic E-state index is 12.0. The number of carbonyl (C=O) groups is 1. The van der Waals surface area contributed by atoms with Gasteiger partial charge in [-0.25, -0.2) is 4.79 Å². The van der Waals surface area contributed by atoms with Gasteiger partial charge >= 0.3 is 5.97 Å². The maximum atomic E-state index is 12.0. The van der Waals surface area contributed by atoms with Crippen molar-refractivity contribution in [2.75, 3.05) is 6.61 Å². The molecule has 2 rings (SSSR count). The van der Waals surface area contributed by atoms with Crippen LogP contribution in [-0.2, 0) is 0 Å². The van der Waals surface area contributed by atoms with E-state index in [1.54, 1.807) is 18.2 Å². The average Bonchev–Trinajstić information content (AvgIpc) is 2.77. The molecule has 1 aromatic carbocycles. The molecule has 0 saturated heterocycles. The second-order valence-electron chi connectivity index (χ2n) is 3.71. The minimum Gasteiger partial charge on any atom is -0.492 e. The highest BCUT2D eigenvalue weighted by Crippen LogP contribution is 2.22. The average molecular weight is 273 g/mol. The molecule has 0 bridgehead atoms. The van der Waals surface area contributed by atoms with Crippen LogP contribution in [0, 0.1) is 12.3 Å². The third-order valence-corrected chi connectivity index (χ3v) is 2.39. The quantitative estimate of drug-likeness (QED) is 0.818. The van der Waals surface area contributed by atoms with Gasteiger partial charge in [0.1, 0.15) is 17.9 Å². The topological polar surface area (TPSA) is 80.9 Å². The summed E-state index contributed by atoms with van der Waals surface area (Å²) < 4.78 is 5.81. The van der Waals surface area contributed by atoms with E-state index in [-0.39, 0.29) is 17.9 Å². The van der Waals surface area contributed by atoms with Crippen molar-refractivity contribution >= 4 is 5.97 Å². The Bertz CT molecular complexity index is 649. The summed E-state index contributed by atoms with van der Waals surface area (Å²) in [6, 6.07) is 8.70. The molecule has 0 atom stereocenters. The van der Waals surface area contributed by atoms with Crippen LogP contribution in [0.3, 0.4) is 0 Å². The van der Waals surface area contributed by atoms with Crippen molar-refractivity contribution in [2.24, 2.45) is 0 Å². The predicted molar refractivity (Wildman–Crippen MR) is 69.4 cm³/mol. The first-order valence-electron chi connectivity index (χ1n) is 5.61. The Morgan fingerprint density at radius 1 is 1.20 bits per heavy atom. The van der Waals surface area contributed by atoms with Crippen molar-refractivity contribution < 1.29 is 24.6 Å². The van der Waals surface area contributed by atoms with Crippen LogP contribution in [0.5, 0.6) is 17.5 Å². The van der Waals surface area contributed by atoms with E-state index in [0.717, 1.165) is 0 Å². The standard InChI is InChI=1S/C14H11NO5/c1-2-9-19-11-6-4-3-5-10(11)14(18)20-15-12(16)7-8-13(15)17/h1,3-8,16-17H,9H2. The number of carbonyl (C=O) groups excluding carboxylic acids is 1. The first-order valence-corrected chi connectivity index (χ1v) is 5.61. The highest BCUT2D eigenvalue weighted by atomic mass is 16.7. The molecule has 0 amide bonds. The van der Waals surface area contributed by atoms with Gasteiger partial charge in [0.25, 0.3) is 0 Å². The molecule has 0 unspecified atom stereocenters. The Balaban J connectivity index is 2.24. The number of aromatic hydroxyl groups is 2. The van der Waals surface area contributed by atoms with Crippen LogP contribution < -0.4 is 9.57 Å². The molecule has 1 heterocycles. The summed E-state index contributed by atoms with van der Waals surface area (Å²) in [4.78, 5) is 16.9. The first kappa shape index (κ1) is 13.4. The summed E-state index contributed by atoms with van der Waals surface area (Å²) in [6.45, 7) is 0.00428. The smallest absolute Gasteiger partial charge is 0.367 e. The van der Waals surface area contributed by atoms with Gasteiger partial charge in [0.15, 0.2) is 0 Å². The highest BCUT2D eigenvalue weighted by Gasteiger charge is 2.17. The number of terminal acetylenes is 1. The molecule has 102 valence electrons. The van der Waals surface area contributed by atoms with Gasteiger partial charge in [0, 0.05) is 12.1 Å². The molecular weight excluding hydrogens is 262 g/mol. The van der Waals surface area contributed by atoms with E-state index in [0.29, 0.717) is 4.73 Å². The zero-order valence-electron chi connectivity index (χ0n) is 10.3. The molecule has 1 aromatic heterocycles. The number of para-hydroxylation sites is 1. The molecule has 0 radical (unpaired) electrons. The fourth-order valence-electron chi connectivity index (χ4n) is 1.51. The lowest BCUT2D eigenvalue weighted by Crippen LogP contribution is -2.20. The van der Waals surface area contributed by atoms with E-state index in [4.69, 9.17) is 16.0 Å². The van der Waals surface area contributed by atoms with Crippen LogP contribution in [0.25, 0.3) is 0 Å². The molecule has 2 aromatic rings. The van der Waals surface area contributed by atoms with Crippen LogP contribution in [0.15, 0.2) is 36.4 Å². The van der Waals surface area contributed by atoms with Crippen molar-refractivity contribution in [1.29, 1.82) is 0 Å². The van der Waals surface area contributed by atoms with Gasteiger partial charge in [-0.15, -0.1) is 11.2 Å². The Morgan fingerprint density at radius 2 is 1.85 bits per heavy atom. The molecule has 2 N–H and O–H groups in total. The summed E-state index contributed by atoms with van der Waals surface area (Å²) in [7, 11) is 0. The Hall–Kier alpha value is -3.07. The van der Waals surface area contributed by atoms with Crippen LogP contribution >= 0.6 is 0 Å². The predicted octanol–water partition coefficient (Wildman–Crippen LogP) is 1.18. The molecule has 0 aliphatic heterocycles. The summed E-state index contributed by atoms with van der Waals surface area (Å²) in [6.07, 6.45) is 5.09. The molecular formula is C14H11NO5. The van der Waals surface area contributed by atoms with Crippen LogP contribution in [0.1, 0.15) is 10.4 Å². The largest absolute Gasteiger partial charge is 0.492 e. The summed E-state index contributed by atoms with van der Waals surface area (Å²) in [5.74, 6) is 0.922. The van der Waals surface area contributed by atoms with Crippen LogP contribution in [0.2, 0.25) is 0 Å². The Labute approximate surface area is 114 Å². The molecule has 6 nitrogen and oxygen atoms in total. The highest BCUT2D eigenvalue weighted by molar-refractivity contribution is 5.92. The fraction of sp³-hybridized carbons (Fsp3) is 0.0714. The summed E-state index contributed by atoms with van der Waals surface area (Å²) >= 11 is 0. The van der Waals surface area contributed by atoms with Crippen molar-refractivity contribution in [3.05, 3.63) is 42.0 Å². The molecule has 6 heteroatoms. The number of nitrogens with zero attached hydrogens (tertiary/aromatic N) is 1. The number of rotatable bonds is 4.